The van der Waals surface area contributed by atoms with Gasteiger partial charge in [0.05, 0.1) is 25.2 Å². The zero-order valence-corrected chi connectivity index (χ0v) is 13.4. The van der Waals surface area contributed by atoms with Crippen LogP contribution in [-0.4, -0.2) is 56.4 Å². The summed E-state index contributed by atoms with van der Waals surface area (Å²) in [5.74, 6) is -1.69. The lowest BCUT2D eigenvalue weighted by atomic mass is 10.1. The van der Waals surface area contributed by atoms with Crippen molar-refractivity contribution in [3.05, 3.63) is 33.9 Å². The normalized spacial score (nSPS) is 15.5. The molecule has 1 aliphatic rings. The van der Waals surface area contributed by atoms with E-state index in [9.17, 15) is 19.7 Å². The number of nitro groups is 1. The number of nitrogens with zero attached hydrogens (tertiary/aromatic N) is 2. The van der Waals surface area contributed by atoms with Crippen molar-refractivity contribution >= 4 is 23.3 Å². The Morgan fingerprint density at radius 3 is 2.58 bits per heavy atom. The number of methoxy groups -OCH3 is 1. The van der Waals surface area contributed by atoms with E-state index in [-0.39, 0.29) is 11.3 Å². The summed E-state index contributed by atoms with van der Waals surface area (Å²) in [5.41, 5.74) is 0.0652. The summed E-state index contributed by atoms with van der Waals surface area (Å²) in [6.07, 6.45) is -1.16. The molecule has 0 aliphatic carbocycles. The first-order valence-corrected chi connectivity index (χ1v) is 7.34. The molecular formula is C15H18N2O7. The van der Waals surface area contributed by atoms with Crippen LogP contribution in [-0.2, 0) is 19.0 Å². The van der Waals surface area contributed by atoms with Gasteiger partial charge in [-0.25, -0.2) is 9.59 Å². The smallest absolute Gasteiger partial charge is 0.346 e. The van der Waals surface area contributed by atoms with E-state index >= 15 is 0 Å². The van der Waals surface area contributed by atoms with E-state index in [1.165, 1.54) is 19.1 Å². The van der Waals surface area contributed by atoms with Crippen LogP contribution in [0.25, 0.3) is 0 Å². The molecular weight excluding hydrogens is 320 g/mol. The van der Waals surface area contributed by atoms with Gasteiger partial charge in [-0.05, 0) is 19.1 Å². The Kier molecular flexibility index (Phi) is 5.69. The molecule has 0 amide bonds. The van der Waals surface area contributed by atoms with Gasteiger partial charge in [0.25, 0.3) is 5.69 Å². The molecule has 1 aliphatic heterocycles. The molecule has 1 atom stereocenters. The van der Waals surface area contributed by atoms with Crippen molar-refractivity contribution in [3.8, 4) is 0 Å². The maximum Gasteiger partial charge on any atom is 0.346 e. The van der Waals surface area contributed by atoms with Gasteiger partial charge in [-0.2, -0.15) is 0 Å². The van der Waals surface area contributed by atoms with Gasteiger partial charge in [-0.15, -0.1) is 0 Å². The molecule has 9 heteroatoms. The third-order valence-corrected chi connectivity index (χ3v) is 3.59. The minimum atomic E-state index is -1.16. The predicted molar refractivity (Wildman–Crippen MR) is 83.0 cm³/mol. The number of nitro benzene ring substituents is 1. The lowest BCUT2D eigenvalue weighted by Gasteiger charge is -2.29. The number of benzene rings is 1. The average molecular weight is 338 g/mol. The van der Waals surface area contributed by atoms with Gasteiger partial charge in [0.2, 0.25) is 0 Å². The Hall–Kier alpha value is -2.68. The molecule has 0 radical (unpaired) electrons. The fourth-order valence-electron chi connectivity index (χ4n) is 2.30. The van der Waals surface area contributed by atoms with Crippen LogP contribution in [0.3, 0.4) is 0 Å². The van der Waals surface area contributed by atoms with Gasteiger partial charge in [-0.1, -0.05) is 0 Å². The lowest BCUT2D eigenvalue weighted by molar-refractivity contribution is -0.385. The summed E-state index contributed by atoms with van der Waals surface area (Å²) in [4.78, 5) is 36.1. The largest absolute Gasteiger partial charge is 0.466 e. The number of rotatable bonds is 5. The van der Waals surface area contributed by atoms with Gasteiger partial charge in [-0.3, -0.25) is 10.1 Å². The molecule has 1 fully saturated rings. The predicted octanol–water partition coefficient (Wildman–Crippen LogP) is 1.15. The van der Waals surface area contributed by atoms with Crippen LogP contribution in [0.15, 0.2) is 18.2 Å². The number of esters is 2. The van der Waals surface area contributed by atoms with Crippen LogP contribution < -0.4 is 4.90 Å². The molecule has 0 saturated carbocycles. The molecule has 0 N–H and O–H groups in total. The van der Waals surface area contributed by atoms with E-state index < -0.39 is 23.0 Å². The van der Waals surface area contributed by atoms with E-state index in [2.05, 4.69) is 4.74 Å². The first kappa shape index (κ1) is 17.7. The van der Waals surface area contributed by atoms with Crippen molar-refractivity contribution in [1.29, 1.82) is 0 Å². The average Bonchev–Trinajstić information content (AvgIpc) is 2.60. The van der Waals surface area contributed by atoms with Crippen molar-refractivity contribution in [2.24, 2.45) is 0 Å². The van der Waals surface area contributed by atoms with Crippen LogP contribution in [0.1, 0.15) is 17.3 Å². The molecule has 1 saturated heterocycles. The van der Waals surface area contributed by atoms with Gasteiger partial charge in [0.15, 0.2) is 6.10 Å². The summed E-state index contributed by atoms with van der Waals surface area (Å²) in [6.45, 7) is 3.64. The van der Waals surface area contributed by atoms with E-state index in [1.54, 1.807) is 6.07 Å². The van der Waals surface area contributed by atoms with Crippen LogP contribution in [0.4, 0.5) is 11.4 Å². The van der Waals surface area contributed by atoms with Crippen molar-refractivity contribution in [3.63, 3.8) is 0 Å². The van der Waals surface area contributed by atoms with Gasteiger partial charge in [0.1, 0.15) is 5.56 Å². The van der Waals surface area contributed by atoms with Crippen LogP contribution >= 0.6 is 0 Å². The number of carbonyl (C=O) groups is 2. The lowest BCUT2D eigenvalue weighted by Crippen LogP contribution is -2.36. The zero-order valence-electron chi connectivity index (χ0n) is 13.4. The molecule has 0 bridgehead atoms. The molecule has 1 aromatic carbocycles. The summed E-state index contributed by atoms with van der Waals surface area (Å²) < 4.78 is 14.7. The Labute approximate surface area is 138 Å². The van der Waals surface area contributed by atoms with Crippen LogP contribution in [0, 0.1) is 10.1 Å². The minimum Gasteiger partial charge on any atom is -0.466 e. The Bertz CT molecular complexity index is 641. The summed E-state index contributed by atoms with van der Waals surface area (Å²) >= 11 is 0. The first-order valence-electron chi connectivity index (χ1n) is 7.34. The fourth-order valence-corrected chi connectivity index (χ4v) is 2.30. The maximum absolute atomic E-state index is 12.3. The van der Waals surface area contributed by atoms with Crippen molar-refractivity contribution in [1.82, 2.24) is 0 Å². The standard InChI is InChI=1S/C15H18N2O7/c1-10(14(18)22-2)24-15(19)12-9-11(3-4-13(12)17(20)21)16-5-7-23-8-6-16/h3-4,9-10H,5-8H2,1-2H3/t10-/m0/s1. The third-order valence-electron chi connectivity index (χ3n) is 3.59. The summed E-state index contributed by atoms with van der Waals surface area (Å²) in [6, 6.07) is 4.23. The summed E-state index contributed by atoms with van der Waals surface area (Å²) in [7, 11) is 1.16. The SMILES string of the molecule is COC(=O)[C@H](C)OC(=O)c1cc(N2CCOCC2)ccc1[N+](=O)[O-]. The highest BCUT2D eigenvalue weighted by molar-refractivity contribution is 5.96. The maximum atomic E-state index is 12.3. The number of hydrogen-bond acceptors (Lipinski definition) is 8. The fraction of sp³-hybridized carbons (Fsp3) is 0.467. The molecule has 24 heavy (non-hydrogen) atoms. The minimum absolute atomic E-state index is 0.209. The first-order chi connectivity index (χ1) is 11.4. The molecule has 0 unspecified atom stereocenters. The number of carbonyl (C=O) groups excluding carboxylic acids is 2. The number of morpholine rings is 1. The third kappa shape index (κ3) is 3.99. The highest BCUT2D eigenvalue weighted by Gasteiger charge is 2.27. The van der Waals surface area contributed by atoms with Crippen molar-refractivity contribution in [2.75, 3.05) is 38.3 Å². The number of hydrogen-bond donors (Lipinski definition) is 0. The molecule has 130 valence electrons. The van der Waals surface area contributed by atoms with Crippen LogP contribution in [0.2, 0.25) is 0 Å². The summed E-state index contributed by atoms with van der Waals surface area (Å²) in [5, 5.41) is 11.2. The second-order valence-electron chi connectivity index (χ2n) is 5.13. The number of anilines is 1. The quantitative estimate of drug-likeness (QED) is 0.447. The highest BCUT2D eigenvalue weighted by Crippen LogP contribution is 2.26. The number of ether oxygens (including phenoxy) is 3. The molecule has 1 aromatic rings. The van der Waals surface area contributed by atoms with E-state index in [1.807, 2.05) is 4.90 Å². The van der Waals surface area contributed by atoms with Gasteiger partial charge in [0, 0.05) is 24.8 Å². The van der Waals surface area contributed by atoms with Crippen molar-refractivity contribution < 1.29 is 28.7 Å². The van der Waals surface area contributed by atoms with E-state index in [0.29, 0.717) is 32.0 Å². The molecule has 0 aromatic heterocycles. The highest BCUT2D eigenvalue weighted by atomic mass is 16.6. The topological polar surface area (TPSA) is 108 Å². The van der Waals surface area contributed by atoms with E-state index in [0.717, 1.165) is 7.11 Å². The van der Waals surface area contributed by atoms with Crippen molar-refractivity contribution in [2.45, 2.75) is 13.0 Å². The zero-order chi connectivity index (χ0) is 17.7. The van der Waals surface area contributed by atoms with Gasteiger partial charge >= 0.3 is 11.9 Å². The van der Waals surface area contributed by atoms with Crippen LogP contribution in [0.5, 0.6) is 0 Å². The Morgan fingerprint density at radius 1 is 1.33 bits per heavy atom. The van der Waals surface area contributed by atoms with E-state index in [4.69, 9.17) is 9.47 Å². The second kappa shape index (κ2) is 7.73. The molecule has 1 heterocycles. The Morgan fingerprint density at radius 2 is 2.00 bits per heavy atom. The molecule has 0 spiro atoms. The monoisotopic (exact) mass is 338 g/mol. The Balaban J connectivity index is 2.28. The van der Waals surface area contributed by atoms with Gasteiger partial charge < -0.3 is 19.1 Å². The molecule has 2 rings (SSSR count). The second-order valence-corrected chi connectivity index (χ2v) is 5.13. The molecule has 9 nitrogen and oxygen atoms in total.